The van der Waals surface area contributed by atoms with Gasteiger partial charge in [0, 0.05) is 23.4 Å². The van der Waals surface area contributed by atoms with Crippen LogP contribution in [-0.4, -0.2) is 15.6 Å². The van der Waals surface area contributed by atoms with E-state index in [2.05, 4.69) is 10.4 Å². The molecule has 5 nitrogen and oxygen atoms in total. The summed E-state index contributed by atoms with van der Waals surface area (Å²) in [5.74, 6) is -0.684. The average Bonchev–Trinajstić information content (AvgIpc) is 2.67. The van der Waals surface area contributed by atoms with Crippen molar-refractivity contribution in [3.8, 4) is 11.3 Å². The zero-order valence-corrected chi connectivity index (χ0v) is 15.4. The number of hydrogen-bond donors (Lipinski definition) is 1. The third-order valence-corrected chi connectivity index (χ3v) is 4.38. The highest BCUT2D eigenvalue weighted by Gasteiger charge is 2.22. The standard InChI is InChI=1S/C21H20FN3O2/c1-4-25-21(27)20(23-17-12-8-11-16(22)13(17)2)18(14(3)26)19(24-25)15-9-6-5-7-10-15/h5-12,23H,4H2,1-3H3. The average molecular weight is 365 g/mol. The molecule has 0 aliphatic carbocycles. The van der Waals surface area contributed by atoms with E-state index in [-0.39, 0.29) is 17.0 Å². The molecule has 3 aromatic rings. The van der Waals surface area contributed by atoms with E-state index < -0.39 is 11.4 Å². The van der Waals surface area contributed by atoms with Crippen molar-refractivity contribution >= 4 is 17.2 Å². The smallest absolute Gasteiger partial charge is 0.291 e. The molecule has 0 radical (unpaired) electrons. The molecule has 0 aliphatic rings. The molecule has 1 N–H and O–H groups in total. The van der Waals surface area contributed by atoms with E-state index in [4.69, 9.17) is 0 Å². The van der Waals surface area contributed by atoms with Gasteiger partial charge < -0.3 is 5.32 Å². The van der Waals surface area contributed by atoms with Gasteiger partial charge in [-0.1, -0.05) is 36.4 Å². The van der Waals surface area contributed by atoms with Crippen molar-refractivity contribution in [2.75, 3.05) is 5.32 Å². The Balaban J connectivity index is 2.30. The Morgan fingerprint density at radius 1 is 1.15 bits per heavy atom. The first-order valence-corrected chi connectivity index (χ1v) is 8.67. The summed E-state index contributed by atoms with van der Waals surface area (Å²) in [6.07, 6.45) is 0. The number of hydrogen-bond acceptors (Lipinski definition) is 4. The van der Waals surface area contributed by atoms with Gasteiger partial charge in [-0.3, -0.25) is 9.59 Å². The van der Waals surface area contributed by atoms with E-state index in [0.29, 0.717) is 23.5 Å². The Labute approximate surface area is 156 Å². The number of rotatable bonds is 5. The summed E-state index contributed by atoms with van der Waals surface area (Å²) in [6.45, 7) is 5.15. The lowest BCUT2D eigenvalue weighted by atomic mass is 10.0. The predicted molar refractivity (Wildman–Crippen MR) is 104 cm³/mol. The Morgan fingerprint density at radius 3 is 2.48 bits per heavy atom. The monoisotopic (exact) mass is 365 g/mol. The molecule has 2 aromatic carbocycles. The first-order chi connectivity index (χ1) is 12.9. The molecule has 0 unspecified atom stereocenters. The van der Waals surface area contributed by atoms with E-state index in [1.54, 1.807) is 26.0 Å². The van der Waals surface area contributed by atoms with Gasteiger partial charge in [0.05, 0.1) is 5.56 Å². The number of ketones is 1. The third kappa shape index (κ3) is 3.51. The lowest BCUT2D eigenvalue weighted by Crippen LogP contribution is -2.28. The van der Waals surface area contributed by atoms with Crippen LogP contribution in [0.15, 0.2) is 53.3 Å². The van der Waals surface area contributed by atoms with E-state index in [1.165, 1.54) is 17.7 Å². The van der Waals surface area contributed by atoms with E-state index in [9.17, 15) is 14.0 Å². The van der Waals surface area contributed by atoms with Gasteiger partial charge in [-0.05, 0) is 32.9 Å². The minimum Gasteiger partial charge on any atom is -0.350 e. The van der Waals surface area contributed by atoms with Crippen molar-refractivity contribution in [1.29, 1.82) is 0 Å². The molecule has 0 saturated carbocycles. The second-order valence-electron chi connectivity index (χ2n) is 6.18. The number of carbonyl (C=O) groups is 1. The summed E-state index contributed by atoms with van der Waals surface area (Å²) in [5.41, 5.74) is 1.82. The molecule has 1 heterocycles. The van der Waals surface area contributed by atoms with Gasteiger partial charge in [0.1, 0.15) is 17.2 Å². The van der Waals surface area contributed by atoms with Crippen LogP contribution in [0.1, 0.15) is 29.8 Å². The molecule has 0 bridgehead atoms. The topological polar surface area (TPSA) is 64.0 Å². The number of aryl methyl sites for hydroxylation is 1. The van der Waals surface area contributed by atoms with Crippen molar-refractivity contribution < 1.29 is 9.18 Å². The maximum atomic E-state index is 13.9. The molecule has 0 amide bonds. The van der Waals surface area contributed by atoms with Crippen molar-refractivity contribution in [2.24, 2.45) is 0 Å². The molecule has 0 aliphatic heterocycles. The summed E-state index contributed by atoms with van der Waals surface area (Å²) in [4.78, 5) is 25.4. The van der Waals surface area contributed by atoms with E-state index >= 15 is 0 Å². The predicted octanol–water partition coefficient (Wildman–Crippen LogP) is 4.32. The zero-order valence-electron chi connectivity index (χ0n) is 15.4. The van der Waals surface area contributed by atoms with Crippen molar-refractivity contribution in [3.63, 3.8) is 0 Å². The van der Waals surface area contributed by atoms with Gasteiger partial charge in [0.25, 0.3) is 5.56 Å². The molecule has 6 heteroatoms. The number of Topliss-reactive ketones (excluding diaryl/α,β-unsaturated/α-hetero) is 1. The SMILES string of the molecule is CCn1nc(-c2ccccc2)c(C(C)=O)c(Nc2cccc(F)c2C)c1=O. The Kier molecular flexibility index (Phi) is 5.16. The highest BCUT2D eigenvalue weighted by Crippen LogP contribution is 2.29. The minimum atomic E-state index is -0.425. The fourth-order valence-corrected chi connectivity index (χ4v) is 2.92. The van der Waals surface area contributed by atoms with Gasteiger partial charge >= 0.3 is 0 Å². The Bertz CT molecular complexity index is 1060. The number of anilines is 2. The normalized spacial score (nSPS) is 10.7. The molecule has 138 valence electrons. The number of benzene rings is 2. The van der Waals surface area contributed by atoms with Crippen LogP contribution in [0.3, 0.4) is 0 Å². The van der Waals surface area contributed by atoms with Crippen LogP contribution < -0.4 is 10.9 Å². The number of aromatic nitrogens is 2. The minimum absolute atomic E-state index is 0.104. The van der Waals surface area contributed by atoms with Gasteiger partial charge in [0.2, 0.25) is 0 Å². The van der Waals surface area contributed by atoms with Gasteiger partial charge in [-0.15, -0.1) is 0 Å². The zero-order chi connectivity index (χ0) is 19.6. The first-order valence-electron chi connectivity index (χ1n) is 8.67. The second-order valence-corrected chi connectivity index (χ2v) is 6.18. The molecular formula is C21H20FN3O2. The van der Waals surface area contributed by atoms with E-state index in [1.807, 2.05) is 30.3 Å². The van der Waals surface area contributed by atoms with Crippen LogP contribution in [0, 0.1) is 12.7 Å². The van der Waals surface area contributed by atoms with Gasteiger partial charge in [-0.2, -0.15) is 5.10 Å². The number of nitrogens with one attached hydrogen (secondary N) is 1. The largest absolute Gasteiger partial charge is 0.350 e. The second kappa shape index (κ2) is 7.53. The van der Waals surface area contributed by atoms with Crippen LogP contribution in [-0.2, 0) is 6.54 Å². The molecule has 0 saturated heterocycles. The lowest BCUT2D eigenvalue weighted by Gasteiger charge is -2.17. The fraction of sp³-hybridized carbons (Fsp3) is 0.190. The van der Waals surface area contributed by atoms with Gasteiger partial charge in [0.15, 0.2) is 5.78 Å². The molecule has 0 fully saturated rings. The molecule has 0 spiro atoms. The first kappa shape index (κ1) is 18.5. The molecular weight excluding hydrogens is 345 g/mol. The van der Waals surface area contributed by atoms with Crippen molar-refractivity contribution in [3.05, 3.63) is 75.8 Å². The summed E-state index contributed by atoms with van der Waals surface area (Å²) < 4.78 is 15.2. The molecule has 0 atom stereocenters. The van der Waals surface area contributed by atoms with Crippen LogP contribution in [0.2, 0.25) is 0 Å². The highest BCUT2D eigenvalue weighted by atomic mass is 19.1. The maximum Gasteiger partial charge on any atom is 0.291 e. The summed E-state index contributed by atoms with van der Waals surface area (Å²) in [7, 11) is 0. The third-order valence-electron chi connectivity index (χ3n) is 4.38. The van der Waals surface area contributed by atoms with Crippen LogP contribution in [0.4, 0.5) is 15.8 Å². The molecule has 3 rings (SSSR count). The van der Waals surface area contributed by atoms with Gasteiger partial charge in [-0.25, -0.2) is 9.07 Å². The van der Waals surface area contributed by atoms with Crippen molar-refractivity contribution in [2.45, 2.75) is 27.3 Å². The Morgan fingerprint density at radius 2 is 1.85 bits per heavy atom. The maximum absolute atomic E-state index is 13.9. The van der Waals surface area contributed by atoms with Crippen molar-refractivity contribution in [1.82, 2.24) is 9.78 Å². The fourth-order valence-electron chi connectivity index (χ4n) is 2.92. The number of nitrogens with zero attached hydrogens (tertiary/aromatic N) is 2. The number of halogens is 1. The van der Waals surface area contributed by atoms with Crippen LogP contribution in [0.5, 0.6) is 0 Å². The lowest BCUT2D eigenvalue weighted by molar-refractivity contribution is 0.101. The number of carbonyl (C=O) groups excluding carboxylic acids is 1. The summed E-state index contributed by atoms with van der Waals surface area (Å²) in [5, 5.41) is 7.38. The molecule has 27 heavy (non-hydrogen) atoms. The van der Waals surface area contributed by atoms with Crippen LogP contribution >= 0.6 is 0 Å². The van der Waals surface area contributed by atoms with Crippen LogP contribution in [0.25, 0.3) is 11.3 Å². The quantitative estimate of drug-likeness (QED) is 0.684. The summed E-state index contributed by atoms with van der Waals surface area (Å²) >= 11 is 0. The molecule has 1 aromatic heterocycles. The Hall–Kier alpha value is -3.28. The van der Waals surface area contributed by atoms with E-state index in [0.717, 1.165) is 5.56 Å². The summed E-state index contributed by atoms with van der Waals surface area (Å²) in [6, 6.07) is 13.8. The highest BCUT2D eigenvalue weighted by molar-refractivity contribution is 6.05.